The molecule has 0 aliphatic heterocycles. The van der Waals surface area contributed by atoms with Crippen molar-refractivity contribution in [3.8, 4) is 0 Å². The Morgan fingerprint density at radius 1 is 1.42 bits per heavy atom. The summed E-state index contributed by atoms with van der Waals surface area (Å²) in [5.41, 5.74) is -0.397. The zero-order valence-electron chi connectivity index (χ0n) is 8.94. The van der Waals surface area contributed by atoms with E-state index in [1.165, 1.54) is 0 Å². The molecule has 0 aliphatic rings. The fraction of sp³-hybridized carbons (Fsp3) is 0.222. The summed E-state index contributed by atoms with van der Waals surface area (Å²) in [7, 11) is -5.69. The Labute approximate surface area is 114 Å². The molecule has 1 aromatic carbocycles. The first kappa shape index (κ1) is 15.9. The number of carbonyl (C=O) groups excluding carboxylic acids is 1. The standard InChI is InChI=1S/C9H6BrF3O5S/c10-7-2-1-5(11)3-6(7)8(14)18-4-9(12,13)19(15,16)17/h1-3H,4H2,(H,15,16,17). The summed E-state index contributed by atoms with van der Waals surface area (Å²) in [4.78, 5) is 11.4. The van der Waals surface area contributed by atoms with Crippen LogP contribution in [0.25, 0.3) is 0 Å². The van der Waals surface area contributed by atoms with Gasteiger partial charge in [0.25, 0.3) is 0 Å². The Morgan fingerprint density at radius 3 is 2.53 bits per heavy atom. The molecule has 0 aliphatic carbocycles. The van der Waals surface area contributed by atoms with Gasteiger partial charge in [-0.2, -0.15) is 17.2 Å². The van der Waals surface area contributed by atoms with E-state index in [4.69, 9.17) is 4.55 Å². The van der Waals surface area contributed by atoms with Crippen molar-refractivity contribution in [3.63, 3.8) is 0 Å². The van der Waals surface area contributed by atoms with E-state index in [0.717, 1.165) is 18.2 Å². The summed E-state index contributed by atoms with van der Waals surface area (Å²) in [5, 5.41) is -4.64. The van der Waals surface area contributed by atoms with Crippen LogP contribution in [0.5, 0.6) is 0 Å². The Bertz CT molecular complexity index is 602. The van der Waals surface area contributed by atoms with Crippen LogP contribution in [0.3, 0.4) is 0 Å². The van der Waals surface area contributed by atoms with E-state index >= 15 is 0 Å². The average Bonchev–Trinajstić information content (AvgIpc) is 2.28. The van der Waals surface area contributed by atoms with E-state index in [1.807, 2.05) is 0 Å². The summed E-state index contributed by atoms with van der Waals surface area (Å²) >= 11 is 2.87. The summed E-state index contributed by atoms with van der Waals surface area (Å²) < 4.78 is 71.3. The zero-order valence-corrected chi connectivity index (χ0v) is 11.3. The highest BCUT2D eigenvalue weighted by Gasteiger charge is 2.45. The summed E-state index contributed by atoms with van der Waals surface area (Å²) in [5.74, 6) is -2.17. The molecule has 0 atom stereocenters. The lowest BCUT2D eigenvalue weighted by Crippen LogP contribution is -2.34. The molecule has 10 heteroatoms. The van der Waals surface area contributed by atoms with Crippen molar-refractivity contribution in [1.29, 1.82) is 0 Å². The van der Waals surface area contributed by atoms with Crippen LogP contribution in [0.15, 0.2) is 22.7 Å². The Morgan fingerprint density at radius 2 is 2.00 bits per heavy atom. The van der Waals surface area contributed by atoms with Gasteiger partial charge in [-0.05, 0) is 34.1 Å². The maximum atomic E-state index is 12.9. The Hall–Kier alpha value is -1.13. The largest absolute Gasteiger partial charge is 0.454 e. The molecule has 0 amide bonds. The van der Waals surface area contributed by atoms with Crippen molar-refractivity contribution in [2.45, 2.75) is 5.25 Å². The lowest BCUT2D eigenvalue weighted by molar-refractivity contribution is -0.00959. The lowest BCUT2D eigenvalue weighted by Gasteiger charge is -2.13. The normalized spacial score (nSPS) is 12.3. The van der Waals surface area contributed by atoms with Gasteiger partial charge in [-0.15, -0.1) is 0 Å². The Kier molecular flexibility index (Phi) is 4.59. The minimum absolute atomic E-state index is 0.0778. The predicted molar refractivity (Wildman–Crippen MR) is 60.9 cm³/mol. The Balaban J connectivity index is 2.85. The summed E-state index contributed by atoms with van der Waals surface area (Å²) in [6, 6.07) is 2.87. The van der Waals surface area contributed by atoms with Crippen LogP contribution >= 0.6 is 15.9 Å². The van der Waals surface area contributed by atoms with Crippen LogP contribution in [0.4, 0.5) is 13.2 Å². The molecule has 0 fully saturated rings. The minimum Gasteiger partial charge on any atom is -0.454 e. The molecule has 0 radical (unpaired) electrons. The van der Waals surface area contributed by atoms with Crippen LogP contribution < -0.4 is 0 Å². The van der Waals surface area contributed by atoms with Crippen molar-refractivity contribution < 1.29 is 35.7 Å². The zero-order chi connectivity index (χ0) is 14.8. The number of halogens is 4. The molecule has 0 saturated heterocycles. The number of ether oxygens (including phenoxy) is 1. The molecule has 1 aromatic rings. The van der Waals surface area contributed by atoms with Crippen LogP contribution in [-0.4, -0.2) is 30.8 Å². The molecule has 0 aromatic heterocycles. The molecule has 106 valence electrons. The highest BCUT2D eigenvalue weighted by Crippen LogP contribution is 2.23. The number of alkyl halides is 2. The first-order valence-corrected chi connectivity index (χ1v) is 6.75. The molecule has 0 bridgehead atoms. The highest BCUT2D eigenvalue weighted by atomic mass is 79.9. The smallest absolute Gasteiger partial charge is 0.402 e. The van der Waals surface area contributed by atoms with Gasteiger partial charge >= 0.3 is 21.3 Å². The molecule has 1 N–H and O–H groups in total. The van der Waals surface area contributed by atoms with E-state index < -0.39 is 39.3 Å². The molecular weight excluding hydrogens is 357 g/mol. The maximum Gasteiger partial charge on any atom is 0.402 e. The van der Waals surface area contributed by atoms with E-state index in [-0.39, 0.29) is 4.47 Å². The molecule has 1 rings (SSSR count). The van der Waals surface area contributed by atoms with Gasteiger partial charge in [0.05, 0.1) is 5.56 Å². The summed E-state index contributed by atoms with van der Waals surface area (Å²) in [6.07, 6.45) is 0. The lowest BCUT2D eigenvalue weighted by atomic mass is 10.2. The second-order valence-electron chi connectivity index (χ2n) is 3.31. The SMILES string of the molecule is O=C(OCC(F)(F)S(=O)(=O)O)c1cc(F)ccc1Br. The monoisotopic (exact) mass is 362 g/mol. The molecule has 0 heterocycles. The number of benzene rings is 1. The second-order valence-corrected chi connectivity index (χ2v) is 5.71. The second kappa shape index (κ2) is 5.47. The quantitative estimate of drug-likeness (QED) is 0.656. The molecule has 5 nitrogen and oxygen atoms in total. The van der Waals surface area contributed by atoms with Crippen molar-refractivity contribution in [1.82, 2.24) is 0 Å². The third-order valence-electron chi connectivity index (χ3n) is 1.90. The van der Waals surface area contributed by atoms with Gasteiger partial charge < -0.3 is 4.74 Å². The van der Waals surface area contributed by atoms with Gasteiger partial charge in [-0.25, -0.2) is 9.18 Å². The van der Waals surface area contributed by atoms with Crippen molar-refractivity contribution in [3.05, 3.63) is 34.1 Å². The first-order valence-electron chi connectivity index (χ1n) is 4.51. The number of hydrogen-bond donors (Lipinski definition) is 1. The van der Waals surface area contributed by atoms with Crippen LogP contribution in [-0.2, 0) is 14.9 Å². The van der Waals surface area contributed by atoms with Crippen molar-refractivity contribution in [2.24, 2.45) is 0 Å². The number of rotatable bonds is 4. The van der Waals surface area contributed by atoms with Gasteiger partial charge in [0.1, 0.15) is 5.82 Å². The molecule has 0 unspecified atom stereocenters. The number of esters is 1. The fourth-order valence-corrected chi connectivity index (χ4v) is 1.57. The van der Waals surface area contributed by atoms with E-state index in [1.54, 1.807) is 0 Å². The molecule has 19 heavy (non-hydrogen) atoms. The van der Waals surface area contributed by atoms with Crippen LogP contribution in [0.1, 0.15) is 10.4 Å². The van der Waals surface area contributed by atoms with E-state index in [2.05, 4.69) is 20.7 Å². The van der Waals surface area contributed by atoms with Crippen molar-refractivity contribution in [2.75, 3.05) is 6.61 Å². The summed E-state index contributed by atoms with van der Waals surface area (Å²) in [6.45, 7) is -1.88. The van der Waals surface area contributed by atoms with Crippen molar-refractivity contribution >= 4 is 32.0 Å². The molecule has 0 saturated carbocycles. The van der Waals surface area contributed by atoms with Gasteiger partial charge in [-0.3, -0.25) is 4.55 Å². The third kappa shape index (κ3) is 3.91. The molecule has 0 spiro atoms. The first-order chi connectivity index (χ1) is 8.54. The average molecular weight is 363 g/mol. The maximum absolute atomic E-state index is 12.9. The minimum atomic E-state index is -5.69. The van der Waals surface area contributed by atoms with E-state index in [0.29, 0.717) is 0 Å². The topological polar surface area (TPSA) is 80.7 Å². The third-order valence-corrected chi connectivity index (χ3v) is 3.46. The van der Waals surface area contributed by atoms with Gasteiger partial charge in [0, 0.05) is 4.47 Å². The van der Waals surface area contributed by atoms with Crippen LogP contribution in [0, 0.1) is 5.82 Å². The van der Waals surface area contributed by atoms with E-state index in [9.17, 15) is 26.4 Å². The van der Waals surface area contributed by atoms with Gasteiger partial charge in [0.15, 0.2) is 6.61 Å². The van der Waals surface area contributed by atoms with Crippen LogP contribution in [0.2, 0.25) is 0 Å². The predicted octanol–water partition coefficient (Wildman–Crippen LogP) is 2.23. The van der Waals surface area contributed by atoms with Gasteiger partial charge in [0.2, 0.25) is 0 Å². The number of hydrogen-bond acceptors (Lipinski definition) is 4. The number of carbonyl (C=O) groups is 1. The van der Waals surface area contributed by atoms with Gasteiger partial charge in [-0.1, -0.05) is 0 Å². The highest BCUT2D eigenvalue weighted by molar-refractivity contribution is 9.10. The molecular formula is C9H6BrF3O5S. The fourth-order valence-electron chi connectivity index (χ4n) is 0.956.